The molecule has 0 saturated heterocycles. The number of alkyl halides is 2. The van der Waals surface area contributed by atoms with Gasteiger partial charge in [0.15, 0.2) is 0 Å². The third-order valence-electron chi connectivity index (χ3n) is 1.45. The van der Waals surface area contributed by atoms with Crippen molar-refractivity contribution in [2.24, 2.45) is 5.92 Å². The zero-order valence-corrected chi connectivity index (χ0v) is 10.7. The molecule has 1 unspecified atom stereocenters. The molecular formula is C9H15Cl2OSi. The largest absolute Gasteiger partial charge is 0.417 e. The van der Waals surface area contributed by atoms with Gasteiger partial charge in [0.25, 0.3) is 0 Å². The zero-order chi connectivity index (χ0) is 10.3. The SMILES string of the molecule is CC#CC(CCO[Si](C)C)C(Cl)Cl. The van der Waals surface area contributed by atoms with Crippen molar-refractivity contribution in [3.63, 3.8) is 0 Å². The molecular weight excluding hydrogens is 223 g/mol. The molecule has 75 valence electrons. The zero-order valence-electron chi connectivity index (χ0n) is 8.23. The highest BCUT2D eigenvalue weighted by Crippen LogP contribution is 2.18. The van der Waals surface area contributed by atoms with Gasteiger partial charge in [0.2, 0.25) is 9.04 Å². The lowest BCUT2D eigenvalue weighted by Crippen LogP contribution is -2.14. The van der Waals surface area contributed by atoms with Gasteiger partial charge in [0, 0.05) is 6.61 Å². The molecule has 0 aliphatic rings. The average molecular weight is 238 g/mol. The molecule has 1 atom stereocenters. The van der Waals surface area contributed by atoms with Crippen LogP contribution in [0.25, 0.3) is 0 Å². The minimum Gasteiger partial charge on any atom is -0.417 e. The molecule has 0 bridgehead atoms. The summed E-state index contributed by atoms with van der Waals surface area (Å²) in [4.78, 5) is -0.416. The van der Waals surface area contributed by atoms with Crippen LogP contribution < -0.4 is 0 Å². The molecule has 0 aromatic heterocycles. The Morgan fingerprint density at radius 1 is 1.38 bits per heavy atom. The molecule has 0 aromatic rings. The third kappa shape index (κ3) is 7.39. The van der Waals surface area contributed by atoms with Crippen molar-refractivity contribution in [2.45, 2.75) is 31.3 Å². The van der Waals surface area contributed by atoms with E-state index >= 15 is 0 Å². The highest BCUT2D eigenvalue weighted by molar-refractivity contribution is 6.48. The summed E-state index contributed by atoms with van der Waals surface area (Å²) in [6, 6.07) is 0. The van der Waals surface area contributed by atoms with E-state index in [9.17, 15) is 0 Å². The fraction of sp³-hybridized carbons (Fsp3) is 0.778. The Labute approximate surface area is 92.5 Å². The Balaban J connectivity index is 3.75. The summed E-state index contributed by atoms with van der Waals surface area (Å²) in [5, 5.41) is 0. The van der Waals surface area contributed by atoms with Gasteiger partial charge < -0.3 is 4.43 Å². The van der Waals surface area contributed by atoms with Crippen molar-refractivity contribution >= 4 is 32.2 Å². The molecule has 0 amide bonds. The van der Waals surface area contributed by atoms with Gasteiger partial charge >= 0.3 is 0 Å². The molecule has 4 heteroatoms. The minimum atomic E-state index is -0.605. The van der Waals surface area contributed by atoms with Crippen LogP contribution in [0.4, 0.5) is 0 Å². The van der Waals surface area contributed by atoms with E-state index in [1.165, 1.54) is 0 Å². The Morgan fingerprint density at radius 2 is 2.00 bits per heavy atom. The lowest BCUT2D eigenvalue weighted by Gasteiger charge is -2.12. The lowest BCUT2D eigenvalue weighted by atomic mass is 10.1. The predicted octanol–water partition coefficient (Wildman–Crippen LogP) is 3.09. The van der Waals surface area contributed by atoms with Gasteiger partial charge in [0.1, 0.15) is 4.84 Å². The minimum absolute atomic E-state index is 0.0367. The first-order valence-electron chi connectivity index (χ1n) is 4.21. The molecule has 0 N–H and O–H groups in total. The fourth-order valence-corrected chi connectivity index (χ4v) is 1.74. The molecule has 0 rings (SSSR count). The fourth-order valence-electron chi connectivity index (χ4n) is 0.837. The van der Waals surface area contributed by atoms with E-state index in [1.54, 1.807) is 6.92 Å². The van der Waals surface area contributed by atoms with Crippen molar-refractivity contribution in [1.29, 1.82) is 0 Å². The first-order valence-corrected chi connectivity index (χ1v) is 7.49. The summed E-state index contributed by atoms with van der Waals surface area (Å²) >= 11 is 11.5. The summed E-state index contributed by atoms with van der Waals surface area (Å²) in [6.45, 7) is 6.70. The van der Waals surface area contributed by atoms with Crippen LogP contribution in [-0.2, 0) is 4.43 Å². The molecule has 0 aliphatic heterocycles. The smallest absolute Gasteiger partial charge is 0.204 e. The van der Waals surface area contributed by atoms with Crippen molar-refractivity contribution in [3.05, 3.63) is 0 Å². The summed E-state index contributed by atoms with van der Waals surface area (Å²) in [5.41, 5.74) is 0. The van der Waals surface area contributed by atoms with Crippen LogP contribution in [0.15, 0.2) is 0 Å². The number of rotatable bonds is 5. The van der Waals surface area contributed by atoms with Gasteiger partial charge in [0.05, 0.1) is 5.92 Å². The maximum absolute atomic E-state index is 5.75. The molecule has 0 saturated carbocycles. The molecule has 0 heterocycles. The standard InChI is InChI=1S/C9H15Cl2OSi/c1-4-5-8(9(10)11)6-7-12-13(2)3/h8-9H,6-7H2,1-3H3. The monoisotopic (exact) mass is 237 g/mol. The second kappa shape index (κ2) is 7.70. The topological polar surface area (TPSA) is 9.23 Å². The molecule has 0 fully saturated rings. The van der Waals surface area contributed by atoms with E-state index < -0.39 is 13.9 Å². The van der Waals surface area contributed by atoms with Gasteiger partial charge in [-0.15, -0.1) is 29.1 Å². The van der Waals surface area contributed by atoms with Gasteiger partial charge in [-0.2, -0.15) is 0 Å². The van der Waals surface area contributed by atoms with Gasteiger partial charge in [-0.05, 0) is 26.4 Å². The average Bonchev–Trinajstić information content (AvgIpc) is 2.02. The number of hydrogen-bond acceptors (Lipinski definition) is 1. The Bertz CT molecular complexity index is 184. The van der Waals surface area contributed by atoms with Gasteiger partial charge in [-0.3, -0.25) is 0 Å². The third-order valence-corrected chi connectivity index (χ3v) is 2.84. The van der Waals surface area contributed by atoms with Crippen molar-refractivity contribution in [2.75, 3.05) is 6.61 Å². The van der Waals surface area contributed by atoms with Gasteiger partial charge in [-0.25, -0.2) is 0 Å². The van der Waals surface area contributed by atoms with Crippen LogP contribution >= 0.6 is 23.2 Å². The van der Waals surface area contributed by atoms with Crippen LogP contribution in [0.5, 0.6) is 0 Å². The van der Waals surface area contributed by atoms with E-state index in [2.05, 4.69) is 24.9 Å². The van der Waals surface area contributed by atoms with E-state index in [1.807, 2.05) is 0 Å². The van der Waals surface area contributed by atoms with E-state index in [0.29, 0.717) is 6.61 Å². The van der Waals surface area contributed by atoms with Crippen LogP contribution in [0.3, 0.4) is 0 Å². The summed E-state index contributed by atoms with van der Waals surface area (Å²) in [6.07, 6.45) is 0.814. The molecule has 0 spiro atoms. The summed E-state index contributed by atoms with van der Waals surface area (Å²) < 4.78 is 5.49. The first-order chi connectivity index (χ1) is 6.07. The van der Waals surface area contributed by atoms with Crippen molar-refractivity contribution in [3.8, 4) is 11.8 Å². The Morgan fingerprint density at radius 3 is 2.38 bits per heavy atom. The number of halogens is 2. The Kier molecular flexibility index (Phi) is 7.88. The van der Waals surface area contributed by atoms with Crippen LogP contribution in [0, 0.1) is 17.8 Å². The predicted molar refractivity (Wildman–Crippen MR) is 60.5 cm³/mol. The molecule has 0 aromatic carbocycles. The molecule has 1 radical (unpaired) electrons. The van der Waals surface area contributed by atoms with E-state index in [4.69, 9.17) is 27.6 Å². The lowest BCUT2D eigenvalue weighted by molar-refractivity contribution is 0.303. The summed E-state index contributed by atoms with van der Waals surface area (Å²) in [5.74, 6) is 5.83. The highest BCUT2D eigenvalue weighted by Gasteiger charge is 2.14. The Hall–Kier alpha value is 0.317. The van der Waals surface area contributed by atoms with Crippen molar-refractivity contribution in [1.82, 2.24) is 0 Å². The van der Waals surface area contributed by atoms with Crippen LogP contribution in [-0.4, -0.2) is 20.5 Å². The van der Waals surface area contributed by atoms with E-state index in [0.717, 1.165) is 6.42 Å². The highest BCUT2D eigenvalue weighted by atomic mass is 35.5. The second-order valence-corrected chi connectivity index (χ2v) is 6.15. The van der Waals surface area contributed by atoms with Crippen molar-refractivity contribution < 1.29 is 4.43 Å². The molecule has 0 aliphatic carbocycles. The molecule has 13 heavy (non-hydrogen) atoms. The summed E-state index contributed by atoms with van der Waals surface area (Å²) in [7, 11) is -0.605. The quantitative estimate of drug-likeness (QED) is 0.406. The first kappa shape index (κ1) is 13.3. The normalized spacial score (nSPS) is 12.8. The van der Waals surface area contributed by atoms with Crippen LogP contribution in [0.2, 0.25) is 13.1 Å². The van der Waals surface area contributed by atoms with E-state index in [-0.39, 0.29) is 5.92 Å². The van der Waals surface area contributed by atoms with Gasteiger partial charge in [-0.1, -0.05) is 5.92 Å². The number of hydrogen-bond donors (Lipinski definition) is 0. The van der Waals surface area contributed by atoms with Crippen LogP contribution in [0.1, 0.15) is 13.3 Å². The molecule has 1 nitrogen and oxygen atoms in total. The maximum Gasteiger partial charge on any atom is 0.204 e. The maximum atomic E-state index is 5.75. The second-order valence-electron chi connectivity index (χ2n) is 2.88.